The fraction of sp³-hybridized carbons (Fsp3) is 0.536. The molecule has 1 amide bonds. The first-order valence-corrected chi connectivity index (χ1v) is 14.0. The van der Waals surface area contributed by atoms with Gasteiger partial charge in [0, 0.05) is 72.8 Å². The number of anilines is 1. The Bertz CT molecular complexity index is 1500. The monoisotopic (exact) mass is 555 g/mol. The zero-order valence-electron chi connectivity index (χ0n) is 22.2. The fourth-order valence-electron chi connectivity index (χ4n) is 7.43. The van der Waals surface area contributed by atoms with E-state index in [1.807, 2.05) is 22.8 Å². The Labute approximate surface area is 230 Å². The summed E-state index contributed by atoms with van der Waals surface area (Å²) in [5, 5.41) is 14.1. The normalized spacial score (nSPS) is 24.2. The highest BCUT2D eigenvalue weighted by molar-refractivity contribution is 6.36. The molecule has 1 aromatic carbocycles. The summed E-state index contributed by atoms with van der Waals surface area (Å²) in [4.78, 5) is 17.9. The number of nitrogens with one attached hydrogen (secondary N) is 1. The first kappa shape index (κ1) is 25.0. The molecule has 3 aromatic rings. The molecule has 4 aliphatic rings. The summed E-state index contributed by atoms with van der Waals surface area (Å²) >= 11 is 7.00. The summed E-state index contributed by atoms with van der Waals surface area (Å²) in [6, 6.07) is 2.00. The number of hydrogen-bond acceptors (Lipinski definition) is 5. The summed E-state index contributed by atoms with van der Waals surface area (Å²) < 4.78 is 30.6. The molecule has 3 aliphatic heterocycles. The number of fused-ring (bicyclic) bond motifs is 2. The van der Waals surface area contributed by atoms with E-state index in [1.165, 1.54) is 6.08 Å². The third-order valence-corrected chi connectivity index (χ3v) is 9.83. The summed E-state index contributed by atoms with van der Waals surface area (Å²) in [7, 11) is 0. The third kappa shape index (κ3) is 3.82. The van der Waals surface area contributed by atoms with Gasteiger partial charge in [0.15, 0.2) is 5.82 Å². The number of benzene rings is 1. The molecule has 39 heavy (non-hydrogen) atoms. The van der Waals surface area contributed by atoms with E-state index in [4.69, 9.17) is 16.7 Å². The van der Waals surface area contributed by atoms with Gasteiger partial charge in [-0.3, -0.25) is 19.5 Å². The Hall–Kier alpha value is -2.98. The van der Waals surface area contributed by atoms with E-state index < -0.39 is 5.92 Å². The van der Waals surface area contributed by atoms with Gasteiger partial charge in [0.2, 0.25) is 5.91 Å². The molecule has 11 heteroatoms. The number of rotatable bonds is 4. The molecule has 3 saturated heterocycles. The highest BCUT2D eigenvalue weighted by atomic mass is 35.5. The highest BCUT2D eigenvalue weighted by Crippen LogP contribution is 2.55. The lowest BCUT2D eigenvalue weighted by Crippen LogP contribution is -2.63. The summed E-state index contributed by atoms with van der Waals surface area (Å²) in [6.07, 6.45) is 4.94. The lowest BCUT2D eigenvalue weighted by atomic mass is 9.60. The number of aromatic nitrogens is 4. The van der Waals surface area contributed by atoms with Crippen molar-refractivity contribution in [3.8, 4) is 11.1 Å². The minimum atomic E-state index is -2.65. The molecule has 1 saturated carbocycles. The number of hydrogen-bond donors (Lipinski definition) is 1. The summed E-state index contributed by atoms with van der Waals surface area (Å²) in [5.41, 5.74) is 4.82. The van der Waals surface area contributed by atoms with Gasteiger partial charge < -0.3 is 9.80 Å². The quantitative estimate of drug-likeness (QED) is 0.477. The Balaban J connectivity index is 1.27. The van der Waals surface area contributed by atoms with Crippen LogP contribution in [-0.4, -0.2) is 86.9 Å². The van der Waals surface area contributed by atoms with Gasteiger partial charge in [0.1, 0.15) is 0 Å². The molecule has 0 radical (unpaired) electrons. The maximum atomic E-state index is 14.3. The van der Waals surface area contributed by atoms with Crippen LogP contribution in [0.15, 0.2) is 24.9 Å². The first-order valence-electron chi connectivity index (χ1n) is 13.6. The highest BCUT2D eigenvalue weighted by Gasteiger charge is 2.55. The zero-order valence-corrected chi connectivity index (χ0v) is 22.9. The second-order valence-corrected chi connectivity index (χ2v) is 12.4. The van der Waals surface area contributed by atoms with Crippen molar-refractivity contribution in [2.24, 2.45) is 5.41 Å². The van der Waals surface area contributed by atoms with Crippen molar-refractivity contribution in [2.75, 3.05) is 44.2 Å². The molecule has 0 bridgehead atoms. The van der Waals surface area contributed by atoms with E-state index in [1.54, 1.807) is 6.20 Å². The number of nitrogens with zero attached hydrogens (tertiary/aromatic N) is 6. The van der Waals surface area contributed by atoms with Gasteiger partial charge in [-0.1, -0.05) is 18.2 Å². The van der Waals surface area contributed by atoms with Gasteiger partial charge in [-0.05, 0) is 44.4 Å². The van der Waals surface area contributed by atoms with Crippen LogP contribution in [0.4, 0.5) is 14.6 Å². The van der Waals surface area contributed by atoms with Gasteiger partial charge >= 0.3 is 0 Å². The Morgan fingerprint density at radius 3 is 2.67 bits per heavy atom. The number of alkyl halides is 2. The fourth-order valence-corrected chi connectivity index (χ4v) is 7.68. The van der Waals surface area contributed by atoms with Gasteiger partial charge in [-0.15, -0.1) is 0 Å². The molecular formula is C28H32ClF2N7O. The predicted molar refractivity (Wildman–Crippen MR) is 146 cm³/mol. The molecule has 4 fully saturated rings. The number of H-pyrrole nitrogens is 1. The lowest BCUT2D eigenvalue weighted by Gasteiger charge is -2.58. The second-order valence-electron chi connectivity index (χ2n) is 12.0. The van der Waals surface area contributed by atoms with Crippen LogP contribution < -0.4 is 4.90 Å². The maximum absolute atomic E-state index is 14.3. The van der Waals surface area contributed by atoms with Crippen LogP contribution in [0.5, 0.6) is 0 Å². The Morgan fingerprint density at radius 1 is 1.15 bits per heavy atom. The zero-order chi connectivity index (χ0) is 27.3. The van der Waals surface area contributed by atoms with E-state index in [9.17, 15) is 13.6 Å². The molecule has 1 aliphatic carbocycles. The third-order valence-electron chi connectivity index (χ3n) is 9.34. The maximum Gasteiger partial charge on any atom is 0.262 e. The average molecular weight is 556 g/mol. The summed E-state index contributed by atoms with van der Waals surface area (Å²) in [5.74, 6) is -1.86. The molecule has 1 atom stereocenters. The Morgan fingerprint density at radius 2 is 1.92 bits per heavy atom. The van der Waals surface area contributed by atoms with Crippen molar-refractivity contribution in [2.45, 2.75) is 51.1 Å². The summed E-state index contributed by atoms with van der Waals surface area (Å²) in [6.45, 7) is 10.7. The minimum Gasteiger partial charge on any atom is -0.352 e. The van der Waals surface area contributed by atoms with Crippen molar-refractivity contribution >= 4 is 34.2 Å². The molecule has 206 valence electrons. The first-order chi connectivity index (χ1) is 18.6. The van der Waals surface area contributed by atoms with Gasteiger partial charge in [0.25, 0.3) is 5.92 Å². The molecule has 8 nitrogen and oxygen atoms in total. The molecular weight excluding hydrogens is 524 g/mol. The van der Waals surface area contributed by atoms with Crippen LogP contribution in [0.1, 0.15) is 36.6 Å². The second kappa shape index (κ2) is 8.51. The minimum absolute atomic E-state index is 0.0150. The molecule has 5 heterocycles. The number of likely N-dealkylation sites (tertiary alicyclic amines) is 1. The molecule has 1 spiro atoms. The van der Waals surface area contributed by atoms with Crippen molar-refractivity contribution in [3.05, 3.63) is 41.2 Å². The SMILES string of the molecule is C=CC(=O)N1CC2(CC(n3nc(N4CCN5CC(F)(F)C[C@@H]5C4)c(-c4c(Cl)c(C)cc5[nH]ncc45)c3C)C2)C1. The van der Waals surface area contributed by atoms with E-state index in [-0.39, 0.29) is 36.4 Å². The molecule has 0 unspecified atom stereocenters. The average Bonchev–Trinajstić information content (AvgIpc) is 3.52. The standard InChI is InChI=1S/C28H32ClF2N7O/c1-4-22(39)37-13-27(14-37)8-18(9-27)38-17(3)23(24-20-11-32-33-21(20)7-16(2)25(24)29)26(34-38)35-5-6-36-15-28(30,31)10-19(36)12-35/h4,7,11,18-19H,1,5-6,8-10,12-15H2,2-3H3,(H,32,33)/t19-/m1/s1. The van der Waals surface area contributed by atoms with Crippen LogP contribution >= 0.6 is 11.6 Å². The molecule has 1 N–H and O–H groups in total. The largest absolute Gasteiger partial charge is 0.352 e. The lowest BCUT2D eigenvalue weighted by molar-refractivity contribution is -0.149. The van der Waals surface area contributed by atoms with Crippen LogP contribution in [0.2, 0.25) is 5.02 Å². The number of aryl methyl sites for hydroxylation is 1. The van der Waals surface area contributed by atoms with E-state index in [0.29, 0.717) is 24.7 Å². The smallest absolute Gasteiger partial charge is 0.262 e. The van der Waals surface area contributed by atoms with Crippen LogP contribution in [0.3, 0.4) is 0 Å². The van der Waals surface area contributed by atoms with E-state index in [2.05, 4.69) is 33.3 Å². The van der Waals surface area contributed by atoms with Gasteiger partial charge in [-0.25, -0.2) is 8.78 Å². The van der Waals surface area contributed by atoms with Crippen molar-refractivity contribution in [1.29, 1.82) is 0 Å². The van der Waals surface area contributed by atoms with Gasteiger partial charge in [0.05, 0.1) is 29.3 Å². The number of piperazine rings is 1. The van der Waals surface area contributed by atoms with Crippen molar-refractivity contribution in [3.63, 3.8) is 0 Å². The number of carbonyl (C=O) groups is 1. The molecule has 7 rings (SSSR count). The van der Waals surface area contributed by atoms with Crippen LogP contribution in [-0.2, 0) is 4.79 Å². The van der Waals surface area contributed by atoms with Crippen molar-refractivity contribution in [1.82, 2.24) is 29.8 Å². The van der Waals surface area contributed by atoms with E-state index >= 15 is 0 Å². The van der Waals surface area contributed by atoms with Crippen LogP contribution in [0, 0.1) is 19.3 Å². The number of amides is 1. The number of carbonyl (C=O) groups excluding carboxylic acids is 1. The van der Waals surface area contributed by atoms with Crippen molar-refractivity contribution < 1.29 is 13.6 Å². The molecule has 2 aromatic heterocycles. The Kier molecular flexibility index (Phi) is 5.46. The topological polar surface area (TPSA) is 73.3 Å². The number of halogens is 3. The predicted octanol–water partition coefficient (Wildman–Crippen LogP) is 4.58. The van der Waals surface area contributed by atoms with Crippen LogP contribution in [0.25, 0.3) is 22.0 Å². The number of aromatic amines is 1. The van der Waals surface area contributed by atoms with Gasteiger partial charge in [-0.2, -0.15) is 10.2 Å². The van der Waals surface area contributed by atoms with E-state index in [0.717, 1.165) is 65.0 Å².